The van der Waals surface area contributed by atoms with E-state index in [1.807, 2.05) is 17.5 Å². The number of aliphatic hydroxyl groups excluding tert-OH is 1. The van der Waals surface area contributed by atoms with Crippen LogP contribution in [0, 0.1) is 5.92 Å². The van der Waals surface area contributed by atoms with Crippen molar-refractivity contribution in [1.82, 2.24) is 9.88 Å². The summed E-state index contributed by atoms with van der Waals surface area (Å²) in [5.74, 6) is 1.55. The molecule has 5 nitrogen and oxygen atoms in total. The van der Waals surface area contributed by atoms with Crippen LogP contribution in [-0.2, 0) is 0 Å². The number of carbonyl (C=O) groups excluding carboxylic acids is 1. The van der Waals surface area contributed by atoms with E-state index < -0.39 is 0 Å². The Labute approximate surface area is 145 Å². The molecule has 0 unspecified atom stereocenters. The van der Waals surface area contributed by atoms with Gasteiger partial charge in [0.25, 0.3) is 0 Å². The number of amides is 2. The number of likely N-dealkylation sites (tertiary alicyclic amines) is 1. The van der Waals surface area contributed by atoms with Crippen molar-refractivity contribution in [2.24, 2.45) is 5.92 Å². The van der Waals surface area contributed by atoms with Crippen LogP contribution in [0.2, 0.25) is 0 Å². The molecule has 2 aromatic rings. The maximum absolute atomic E-state index is 12.6. The first-order valence-corrected chi connectivity index (χ1v) is 9.33. The minimum Gasteiger partial charge on any atom is -0.396 e. The van der Waals surface area contributed by atoms with Gasteiger partial charge in [-0.3, -0.25) is 5.32 Å². The van der Waals surface area contributed by atoms with Crippen LogP contribution in [-0.4, -0.2) is 40.7 Å². The number of carbonyl (C=O) groups is 1. The smallest absolute Gasteiger partial charge is 0.323 e. The lowest BCUT2D eigenvalue weighted by Crippen LogP contribution is -2.33. The Morgan fingerprint density at radius 2 is 2.21 bits per heavy atom. The number of pyridine rings is 1. The van der Waals surface area contributed by atoms with E-state index in [0.29, 0.717) is 24.8 Å². The maximum Gasteiger partial charge on any atom is 0.323 e. The van der Waals surface area contributed by atoms with E-state index in [2.05, 4.69) is 21.7 Å². The van der Waals surface area contributed by atoms with Gasteiger partial charge in [0.05, 0.1) is 0 Å². The monoisotopic (exact) mass is 343 g/mol. The van der Waals surface area contributed by atoms with E-state index in [4.69, 9.17) is 0 Å². The molecule has 126 valence electrons. The molecule has 1 saturated carbocycles. The highest BCUT2D eigenvalue weighted by atomic mass is 32.1. The molecule has 0 bridgehead atoms. The maximum atomic E-state index is 12.6. The van der Waals surface area contributed by atoms with E-state index in [9.17, 15) is 9.90 Å². The average Bonchev–Trinajstić information content (AvgIpc) is 3.13. The zero-order valence-corrected chi connectivity index (χ0v) is 14.2. The molecule has 0 radical (unpaired) electrons. The molecule has 2 aromatic heterocycles. The molecule has 2 N–H and O–H groups in total. The van der Waals surface area contributed by atoms with Gasteiger partial charge in [-0.05, 0) is 58.8 Å². The standard InChI is InChI=1S/C18H21N3O2S/c22-10-15-8-21(9-16(15)14-4-6-24-11-14)18(23)20-17-7-13(3-5-19-17)12-1-2-12/h3-7,11-12,15-16,22H,1-2,8-10H2,(H,19,20,23)/t15-,16-/m0/s1. The number of aromatic nitrogens is 1. The first-order chi connectivity index (χ1) is 11.7. The van der Waals surface area contributed by atoms with Crippen LogP contribution < -0.4 is 5.32 Å². The molecule has 2 atom stereocenters. The number of thiophene rings is 1. The summed E-state index contributed by atoms with van der Waals surface area (Å²) in [7, 11) is 0. The predicted molar refractivity (Wildman–Crippen MR) is 94.4 cm³/mol. The molecule has 24 heavy (non-hydrogen) atoms. The Hall–Kier alpha value is -1.92. The molecule has 2 aliphatic rings. The fourth-order valence-electron chi connectivity index (χ4n) is 3.46. The third kappa shape index (κ3) is 3.16. The molecule has 3 heterocycles. The van der Waals surface area contributed by atoms with Gasteiger partial charge in [0.1, 0.15) is 5.82 Å². The highest BCUT2D eigenvalue weighted by Gasteiger charge is 2.36. The van der Waals surface area contributed by atoms with E-state index in [1.54, 1.807) is 22.4 Å². The summed E-state index contributed by atoms with van der Waals surface area (Å²) in [6, 6.07) is 5.95. The van der Waals surface area contributed by atoms with Crippen molar-refractivity contribution in [3.8, 4) is 0 Å². The lowest BCUT2D eigenvalue weighted by molar-refractivity contribution is 0.206. The Balaban J connectivity index is 1.44. The number of hydrogen-bond donors (Lipinski definition) is 2. The molecule has 0 aromatic carbocycles. The number of anilines is 1. The summed E-state index contributed by atoms with van der Waals surface area (Å²) in [6.07, 6.45) is 4.21. The number of hydrogen-bond acceptors (Lipinski definition) is 4. The van der Waals surface area contributed by atoms with Gasteiger partial charge in [0, 0.05) is 37.7 Å². The molecule has 2 fully saturated rings. The van der Waals surface area contributed by atoms with E-state index in [0.717, 1.165) is 0 Å². The van der Waals surface area contributed by atoms with E-state index >= 15 is 0 Å². The van der Waals surface area contributed by atoms with Crippen LogP contribution in [0.5, 0.6) is 0 Å². The van der Waals surface area contributed by atoms with Gasteiger partial charge < -0.3 is 10.0 Å². The van der Waals surface area contributed by atoms with Crippen molar-refractivity contribution >= 4 is 23.2 Å². The van der Waals surface area contributed by atoms with Crippen LogP contribution in [0.4, 0.5) is 10.6 Å². The highest BCUT2D eigenvalue weighted by Crippen LogP contribution is 2.40. The largest absolute Gasteiger partial charge is 0.396 e. The van der Waals surface area contributed by atoms with Crippen LogP contribution in [0.1, 0.15) is 35.8 Å². The van der Waals surface area contributed by atoms with Crippen LogP contribution in [0.25, 0.3) is 0 Å². The fraction of sp³-hybridized carbons (Fsp3) is 0.444. The lowest BCUT2D eigenvalue weighted by atomic mass is 9.92. The minimum atomic E-state index is -0.133. The van der Waals surface area contributed by atoms with Crippen molar-refractivity contribution in [1.29, 1.82) is 0 Å². The summed E-state index contributed by atoms with van der Waals surface area (Å²) in [5.41, 5.74) is 2.47. The highest BCUT2D eigenvalue weighted by molar-refractivity contribution is 7.08. The number of rotatable bonds is 4. The Kier molecular flexibility index (Phi) is 4.24. The second-order valence-electron chi connectivity index (χ2n) is 6.69. The summed E-state index contributed by atoms with van der Waals surface area (Å²) < 4.78 is 0. The zero-order valence-electron chi connectivity index (χ0n) is 13.4. The van der Waals surface area contributed by atoms with Gasteiger partial charge in [-0.2, -0.15) is 11.3 Å². The summed E-state index contributed by atoms with van der Waals surface area (Å²) >= 11 is 1.65. The van der Waals surface area contributed by atoms with E-state index in [1.165, 1.54) is 24.0 Å². The second-order valence-corrected chi connectivity index (χ2v) is 7.47. The van der Waals surface area contributed by atoms with Crippen molar-refractivity contribution in [2.45, 2.75) is 24.7 Å². The third-order valence-electron chi connectivity index (χ3n) is 5.00. The Morgan fingerprint density at radius 3 is 2.92 bits per heavy atom. The second kappa shape index (κ2) is 6.53. The van der Waals surface area contributed by atoms with Crippen molar-refractivity contribution < 1.29 is 9.90 Å². The predicted octanol–water partition coefficient (Wildman–Crippen LogP) is 3.26. The average molecular weight is 343 g/mol. The Bertz CT molecular complexity index is 715. The molecule has 1 aliphatic heterocycles. The molecule has 0 spiro atoms. The fourth-order valence-corrected chi connectivity index (χ4v) is 4.18. The summed E-state index contributed by atoms with van der Waals surface area (Å²) in [6.45, 7) is 1.31. The molecule has 2 amide bonds. The minimum absolute atomic E-state index is 0.0936. The van der Waals surface area contributed by atoms with Crippen LogP contribution in [0.15, 0.2) is 35.2 Å². The number of aliphatic hydroxyl groups is 1. The zero-order chi connectivity index (χ0) is 16.5. The molecular formula is C18H21N3O2S. The lowest BCUT2D eigenvalue weighted by Gasteiger charge is -2.17. The van der Waals surface area contributed by atoms with Gasteiger partial charge >= 0.3 is 6.03 Å². The SMILES string of the molecule is O=C(Nc1cc(C2CC2)ccn1)N1C[C@@H](CO)[C@H](c2ccsc2)C1. The number of nitrogens with one attached hydrogen (secondary N) is 1. The normalized spacial score (nSPS) is 23.5. The molecule has 4 rings (SSSR count). The summed E-state index contributed by atoms with van der Waals surface area (Å²) in [4.78, 5) is 18.6. The first kappa shape index (κ1) is 15.6. The topological polar surface area (TPSA) is 65.5 Å². The van der Waals surface area contributed by atoms with Crippen LogP contribution in [0.3, 0.4) is 0 Å². The number of urea groups is 1. The van der Waals surface area contributed by atoms with Crippen molar-refractivity contribution in [3.63, 3.8) is 0 Å². The number of nitrogens with zero attached hydrogens (tertiary/aromatic N) is 2. The van der Waals surface area contributed by atoms with Crippen molar-refractivity contribution in [3.05, 3.63) is 46.3 Å². The van der Waals surface area contributed by atoms with Crippen molar-refractivity contribution in [2.75, 3.05) is 25.0 Å². The summed E-state index contributed by atoms with van der Waals surface area (Å²) in [5, 5.41) is 16.7. The van der Waals surface area contributed by atoms with Gasteiger partial charge in [-0.1, -0.05) is 0 Å². The quantitative estimate of drug-likeness (QED) is 0.895. The van der Waals surface area contributed by atoms with Gasteiger partial charge in [0.2, 0.25) is 0 Å². The van der Waals surface area contributed by atoms with Gasteiger partial charge in [0.15, 0.2) is 0 Å². The van der Waals surface area contributed by atoms with Gasteiger partial charge in [-0.15, -0.1) is 0 Å². The first-order valence-electron chi connectivity index (χ1n) is 8.39. The molecular weight excluding hydrogens is 322 g/mol. The molecule has 6 heteroatoms. The molecule has 1 saturated heterocycles. The van der Waals surface area contributed by atoms with E-state index in [-0.39, 0.29) is 24.5 Å². The van der Waals surface area contributed by atoms with Gasteiger partial charge in [-0.25, -0.2) is 9.78 Å². The Morgan fingerprint density at radius 1 is 1.33 bits per heavy atom. The molecule has 1 aliphatic carbocycles. The van der Waals surface area contributed by atoms with Crippen LogP contribution >= 0.6 is 11.3 Å². The third-order valence-corrected chi connectivity index (χ3v) is 5.70.